The zero-order chi connectivity index (χ0) is 20.8. The molecule has 0 bridgehead atoms. The maximum Gasteiger partial charge on any atom is 0.278 e. The Labute approximate surface area is 163 Å². The van der Waals surface area contributed by atoms with Crippen LogP contribution in [-0.2, 0) is 9.59 Å². The summed E-state index contributed by atoms with van der Waals surface area (Å²) >= 11 is 0. The molecule has 4 N–H and O–H groups in total. The van der Waals surface area contributed by atoms with Crippen molar-refractivity contribution in [2.45, 2.75) is 39.8 Å². The van der Waals surface area contributed by atoms with Gasteiger partial charge in [0, 0.05) is 17.3 Å². The monoisotopic (exact) mass is 390 g/mol. The van der Waals surface area contributed by atoms with Gasteiger partial charge in [-0.05, 0) is 51.0 Å². The number of halogens is 2. The van der Waals surface area contributed by atoms with Crippen molar-refractivity contribution in [2.75, 3.05) is 11.9 Å². The van der Waals surface area contributed by atoms with Crippen LogP contribution in [0.15, 0.2) is 36.4 Å². The van der Waals surface area contributed by atoms with E-state index in [1.807, 2.05) is 32.0 Å². The lowest BCUT2D eigenvalue weighted by Crippen LogP contribution is -2.92. The Morgan fingerprint density at radius 2 is 1.71 bits per heavy atom. The number of hydrogen-bond acceptors (Lipinski definition) is 2. The minimum atomic E-state index is -0.649. The fourth-order valence-corrected chi connectivity index (χ4v) is 3.02. The van der Waals surface area contributed by atoms with E-state index in [1.54, 1.807) is 19.2 Å². The van der Waals surface area contributed by atoms with Crippen molar-refractivity contribution >= 4 is 17.5 Å². The number of nitrogens with two attached hydrogens (primary N) is 1. The third-order valence-corrected chi connectivity index (χ3v) is 4.61. The zero-order valence-corrected chi connectivity index (χ0v) is 16.5. The Morgan fingerprint density at radius 1 is 1.07 bits per heavy atom. The second-order valence-electron chi connectivity index (χ2n) is 6.97. The van der Waals surface area contributed by atoms with E-state index in [1.165, 1.54) is 12.1 Å². The van der Waals surface area contributed by atoms with Crippen LogP contribution >= 0.6 is 0 Å². The van der Waals surface area contributed by atoms with E-state index in [-0.39, 0.29) is 24.4 Å². The number of rotatable bonds is 7. The molecule has 2 aromatic rings. The van der Waals surface area contributed by atoms with E-state index in [2.05, 4.69) is 10.6 Å². The van der Waals surface area contributed by atoms with E-state index >= 15 is 0 Å². The minimum absolute atomic E-state index is 0.163. The second-order valence-corrected chi connectivity index (χ2v) is 6.97. The SMILES string of the molecule is Cc1cccc(C)c1NC(=O)CNC(=O)[C@@H](C)[NH2+][C@@H](C)c1ccc(F)cc1F. The third-order valence-electron chi connectivity index (χ3n) is 4.61. The number of benzene rings is 2. The van der Waals surface area contributed by atoms with E-state index in [0.717, 1.165) is 22.9 Å². The molecule has 0 aliphatic carbocycles. The molecule has 0 aliphatic heterocycles. The maximum absolute atomic E-state index is 13.9. The molecular weight excluding hydrogens is 364 g/mol. The van der Waals surface area contributed by atoms with Gasteiger partial charge in [-0.15, -0.1) is 0 Å². The second kappa shape index (κ2) is 9.41. The Morgan fingerprint density at radius 3 is 2.32 bits per heavy atom. The highest BCUT2D eigenvalue weighted by atomic mass is 19.1. The molecule has 0 fully saturated rings. The van der Waals surface area contributed by atoms with Crippen LogP contribution in [0.2, 0.25) is 0 Å². The molecule has 0 radical (unpaired) electrons. The fraction of sp³-hybridized carbons (Fsp3) is 0.333. The van der Waals surface area contributed by atoms with Gasteiger partial charge in [-0.3, -0.25) is 9.59 Å². The molecule has 2 amide bonds. The molecule has 0 saturated heterocycles. The molecule has 0 saturated carbocycles. The lowest BCUT2D eigenvalue weighted by molar-refractivity contribution is -0.710. The highest BCUT2D eigenvalue weighted by molar-refractivity contribution is 5.96. The van der Waals surface area contributed by atoms with Gasteiger partial charge in [0.15, 0.2) is 6.04 Å². The minimum Gasteiger partial charge on any atom is -0.342 e. The Hall–Kier alpha value is -2.80. The van der Waals surface area contributed by atoms with E-state index in [4.69, 9.17) is 0 Å². The van der Waals surface area contributed by atoms with E-state index < -0.39 is 17.7 Å². The van der Waals surface area contributed by atoms with Crippen LogP contribution in [0, 0.1) is 25.5 Å². The van der Waals surface area contributed by atoms with Gasteiger partial charge >= 0.3 is 0 Å². The van der Waals surface area contributed by atoms with Crippen molar-refractivity contribution in [1.82, 2.24) is 5.32 Å². The van der Waals surface area contributed by atoms with Crippen molar-refractivity contribution in [3.8, 4) is 0 Å². The molecule has 28 heavy (non-hydrogen) atoms. The van der Waals surface area contributed by atoms with Gasteiger partial charge in [-0.1, -0.05) is 18.2 Å². The summed E-state index contributed by atoms with van der Waals surface area (Å²) in [6.07, 6.45) is 0. The number of hydrogen-bond donors (Lipinski definition) is 3. The van der Waals surface area contributed by atoms with Crippen LogP contribution in [-0.4, -0.2) is 24.4 Å². The molecule has 7 heteroatoms. The van der Waals surface area contributed by atoms with Crippen molar-refractivity contribution in [2.24, 2.45) is 0 Å². The molecule has 0 aromatic heterocycles. The summed E-state index contributed by atoms with van der Waals surface area (Å²) in [5.41, 5.74) is 2.93. The van der Waals surface area contributed by atoms with Gasteiger partial charge in [0.25, 0.3) is 5.91 Å². The quantitative estimate of drug-likeness (QED) is 0.679. The predicted octanol–water partition coefficient (Wildman–Crippen LogP) is 2.35. The van der Waals surface area contributed by atoms with Gasteiger partial charge in [0.05, 0.1) is 6.54 Å². The summed E-state index contributed by atoms with van der Waals surface area (Å²) in [6.45, 7) is 7.02. The average molecular weight is 390 g/mol. The van der Waals surface area contributed by atoms with Crippen LogP contribution < -0.4 is 16.0 Å². The van der Waals surface area contributed by atoms with Crippen LogP contribution in [0.5, 0.6) is 0 Å². The Bertz CT molecular complexity index is 850. The smallest absolute Gasteiger partial charge is 0.278 e. The van der Waals surface area contributed by atoms with Crippen molar-refractivity contribution in [3.63, 3.8) is 0 Å². The number of carbonyl (C=O) groups excluding carboxylic acids is 2. The lowest BCUT2D eigenvalue weighted by Gasteiger charge is -2.17. The van der Waals surface area contributed by atoms with Gasteiger partial charge in [-0.25, -0.2) is 8.78 Å². The molecule has 150 valence electrons. The van der Waals surface area contributed by atoms with Crippen LogP contribution in [0.3, 0.4) is 0 Å². The predicted molar refractivity (Wildman–Crippen MR) is 104 cm³/mol. The number of nitrogens with one attached hydrogen (secondary N) is 2. The number of aryl methyl sites for hydroxylation is 2. The highest BCUT2D eigenvalue weighted by Crippen LogP contribution is 2.19. The first kappa shape index (κ1) is 21.5. The molecule has 2 atom stereocenters. The standard InChI is InChI=1S/C21H25F2N3O2/c1-12-6-5-7-13(2)20(12)26-19(27)11-24-21(28)15(4)25-14(3)17-9-8-16(22)10-18(17)23/h5-10,14-15,25H,11H2,1-4H3,(H,24,28)(H,26,27)/p+1/t14-,15+/m0/s1. The summed E-state index contributed by atoms with van der Waals surface area (Å²) in [5.74, 6) is -1.96. The largest absolute Gasteiger partial charge is 0.342 e. The van der Waals surface area contributed by atoms with E-state index in [0.29, 0.717) is 5.56 Å². The van der Waals surface area contributed by atoms with Crippen LogP contribution in [0.25, 0.3) is 0 Å². The first-order valence-corrected chi connectivity index (χ1v) is 9.12. The highest BCUT2D eigenvalue weighted by Gasteiger charge is 2.22. The number of carbonyl (C=O) groups is 2. The molecule has 2 aromatic carbocycles. The maximum atomic E-state index is 13.9. The third kappa shape index (κ3) is 5.60. The summed E-state index contributed by atoms with van der Waals surface area (Å²) < 4.78 is 26.9. The summed E-state index contributed by atoms with van der Waals surface area (Å²) in [5, 5.41) is 7.05. The first-order chi connectivity index (χ1) is 13.2. The van der Waals surface area contributed by atoms with E-state index in [9.17, 15) is 18.4 Å². The molecule has 2 rings (SSSR count). The lowest BCUT2D eigenvalue weighted by atomic mass is 10.1. The zero-order valence-electron chi connectivity index (χ0n) is 16.5. The Kier molecular flexibility index (Phi) is 7.23. The van der Waals surface area contributed by atoms with Crippen LogP contribution in [0.4, 0.5) is 14.5 Å². The topological polar surface area (TPSA) is 74.8 Å². The summed E-state index contributed by atoms with van der Waals surface area (Å²) in [6, 6.07) is 8.15. The van der Waals surface area contributed by atoms with Crippen molar-refractivity contribution in [3.05, 3.63) is 64.7 Å². The molecule has 0 aliphatic rings. The molecule has 0 unspecified atom stereocenters. The molecule has 0 spiro atoms. The Balaban J connectivity index is 1.87. The van der Waals surface area contributed by atoms with Crippen molar-refractivity contribution < 1.29 is 23.7 Å². The van der Waals surface area contributed by atoms with Gasteiger partial charge < -0.3 is 16.0 Å². The first-order valence-electron chi connectivity index (χ1n) is 9.12. The average Bonchev–Trinajstić information content (AvgIpc) is 2.62. The molecule has 5 nitrogen and oxygen atoms in total. The summed E-state index contributed by atoms with van der Waals surface area (Å²) in [4.78, 5) is 24.4. The number of quaternary nitrogens is 1. The van der Waals surface area contributed by atoms with Gasteiger partial charge in [0.1, 0.15) is 17.7 Å². The molecule has 0 heterocycles. The van der Waals surface area contributed by atoms with Gasteiger partial charge in [-0.2, -0.15) is 0 Å². The number of amides is 2. The number of anilines is 1. The molecular formula is C21H26F2N3O2+. The summed E-state index contributed by atoms with van der Waals surface area (Å²) in [7, 11) is 0. The normalized spacial score (nSPS) is 12.9. The fourth-order valence-electron chi connectivity index (χ4n) is 3.02. The number of para-hydroxylation sites is 1. The van der Waals surface area contributed by atoms with Gasteiger partial charge in [0.2, 0.25) is 5.91 Å². The van der Waals surface area contributed by atoms with Crippen LogP contribution in [0.1, 0.15) is 36.6 Å². The van der Waals surface area contributed by atoms with Crippen molar-refractivity contribution in [1.29, 1.82) is 0 Å².